The maximum atomic E-state index is 5.98. The van der Waals surface area contributed by atoms with Gasteiger partial charge in [0, 0.05) is 32.0 Å². The molecule has 0 saturated carbocycles. The third-order valence-corrected chi connectivity index (χ3v) is 7.65. The molecule has 0 radical (unpaired) electrons. The van der Waals surface area contributed by atoms with Crippen molar-refractivity contribution in [3.63, 3.8) is 0 Å². The maximum absolute atomic E-state index is 5.98. The molecule has 0 fully saturated rings. The Balaban J connectivity index is 1.12. The number of rotatable bonds is 7. The van der Waals surface area contributed by atoms with Crippen molar-refractivity contribution in [3.05, 3.63) is 112 Å². The van der Waals surface area contributed by atoms with E-state index in [-0.39, 0.29) is 5.92 Å². The second-order valence-electron chi connectivity index (χ2n) is 9.10. The largest absolute Gasteiger partial charge is 0.459 e. The molecule has 0 aliphatic carbocycles. The van der Waals surface area contributed by atoms with Gasteiger partial charge in [-0.15, -0.1) is 17.8 Å². The number of hydrogen-bond acceptors (Lipinski definition) is 7. The molecular weight excluding hydrogens is 478 g/mol. The van der Waals surface area contributed by atoms with Gasteiger partial charge in [-0.25, -0.2) is 9.97 Å². The van der Waals surface area contributed by atoms with Crippen molar-refractivity contribution in [1.29, 1.82) is 0 Å². The van der Waals surface area contributed by atoms with Crippen LogP contribution in [0.4, 0.5) is 0 Å². The lowest BCUT2D eigenvalue weighted by molar-refractivity contribution is 0.245. The third-order valence-electron chi connectivity index (χ3n) is 6.55. The fraction of sp³-hybridized carbons (Fsp3) is 0.200. The molecule has 1 unspecified atom stereocenters. The Kier molecular flexibility index (Phi) is 6.59. The highest BCUT2D eigenvalue weighted by Crippen LogP contribution is 2.30. The molecule has 6 nitrogen and oxygen atoms in total. The SMILES string of the molecule is C#CC(c1ccnc(OCc2cccc(CN3CCc4ccccc4C3)c2)n1)c1nc2cnccc2s1. The van der Waals surface area contributed by atoms with Gasteiger partial charge >= 0.3 is 6.01 Å². The van der Waals surface area contributed by atoms with Crippen molar-refractivity contribution >= 4 is 21.6 Å². The van der Waals surface area contributed by atoms with Crippen LogP contribution in [0.2, 0.25) is 0 Å². The van der Waals surface area contributed by atoms with Crippen molar-refractivity contribution in [2.45, 2.75) is 32.0 Å². The van der Waals surface area contributed by atoms with E-state index in [2.05, 4.69) is 79.3 Å². The Hall–Kier alpha value is -4.12. The first-order valence-corrected chi connectivity index (χ1v) is 13.1. The molecule has 0 N–H and O–H groups in total. The van der Waals surface area contributed by atoms with Gasteiger partial charge < -0.3 is 4.74 Å². The predicted molar refractivity (Wildman–Crippen MR) is 145 cm³/mol. The standard InChI is InChI=1S/C30H25N5OS/c1-2-25(29-33-27-17-31-13-11-28(27)37-29)26-10-14-32-30(34-26)36-20-22-7-5-6-21(16-22)18-35-15-12-23-8-3-4-9-24(23)19-35/h1,3-11,13-14,16-17,25H,12,15,18-20H2. The van der Waals surface area contributed by atoms with Gasteiger partial charge in [0.05, 0.1) is 22.1 Å². The molecule has 1 aliphatic heterocycles. The Labute approximate surface area is 220 Å². The lowest BCUT2D eigenvalue weighted by atomic mass is 9.99. The van der Waals surface area contributed by atoms with Crippen LogP contribution in [0.25, 0.3) is 10.2 Å². The minimum Gasteiger partial charge on any atom is -0.459 e. The van der Waals surface area contributed by atoms with E-state index in [1.54, 1.807) is 29.9 Å². The summed E-state index contributed by atoms with van der Waals surface area (Å²) in [4.78, 5) is 20.2. The number of pyridine rings is 1. The second kappa shape index (κ2) is 10.5. The van der Waals surface area contributed by atoms with E-state index < -0.39 is 0 Å². The topological polar surface area (TPSA) is 64.0 Å². The molecule has 4 heterocycles. The predicted octanol–water partition coefficient (Wildman–Crippen LogP) is 5.38. The van der Waals surface area contributed by atoms with Gasteiger partial charge in [0.15, 0.2) is 0 Å². The van der Waals surface area contributed by atoms with Gasteiger partial charge in [-0.2, -0.15) is 4.98 Å². The highest BCUT2D eigenvalue weighted by Gasteiger charge is 2.19. The molecule has 0 amide bonds. The van der Waals surface area contributed by atoms with Crippen LogP contribution in [0.1, 0.15) is 38.9 Å². The Morgan fingerprint density at radius 3 is 2.78 bits per heavy atom. The van der Waals surface area contributed by atoms with E-state index in [9.17, 15) is 0 Å². The summed E-state index contributed by atoms with van der Waals surface area (Å²) in [5.74, 6) is 2.45. The minimum atomic E-state index is -0.374. The molecule has 6 rings (SSSR count). The van der Waals surface area contributed by atoms with Crippen molar-refractivity contribution < 1.29 is 4.74 Å². The first-order valence-electron chi connectivity index (χ1n) is 12.2. The van der Waals surface area contributed by atoms with E-state index in [0.29, 0.717) is 18.3 Å². The molecule has 0 spiro atoms. The van der Waals surface area contributed by atoms with Crippen molar-refractivity contribution in [2.24, 2.45) is 0 Å². The fourth-order valence-corrected chi connectivity index (χ4v) is 5.71. The number of terminal acetylenes is 1. The van der Waals surface area contributed by atoms with Crippen LogP contribution in [0.3, 0.4) is 0 Å². The number of thiazole rings is 1. The summed E-state index contributed by atoms with van der Waals surface area (Å²) in [6.07, 6.45) is 12.2. The van der Waals surface area contributed by atoms with Crippen LogP contribution in [0.5, 0.6) is 6.01 Å². The monoisotopic (exact) mass is 503 g/mol. The number of aromatic nitrogens is 4. The van der Waals surface area contributed by atoms with Gasteiger partial charge in [-0.3, -0.25) is 9.88 Å². The highest BCUT2D eigenvalue weighted by atomic mass is 32.1. The lowest BCUT2D eigenvalue weighted by Gasteiger charge is -2.28. The van der Waals surface area contributed by atoms with Crippen LogP contribution in [0, 0.1) is 12.3 Å². The van der Waals surface area contributed by atoms with Gasteiger partial charge in [0.2, 0.25) is 0 Å². The average molecular weight is 504 g/mol. The van der Waals surface area contributed by atoms with Gasteiger partial charge in [-0.05, 0) is 40.8 Å². The molecule has 5 aromatic rings. The fourth-order valence-electron chi connectivity index (χ4n) is 4.70. The molecule has 182 valence electrons. The Bertz CT molecular complexity index is 1560. The van der Waals surface area contributed by atoms with Crippen molar-refractivity contribution in [1.82, 2.24) is 24.8 Å². The molecule has 2 aromatic carbocycles. The third kappa shape index (κ3) is 5.21. The van der Waals surface area contributed by atoms with Crippen LogP contribution < -0.4 is 4.74 Å². The number of benzene rings is 2. The number of nitrogens with zero attached hydrogens (tertiary/aromatic N) is 5. The van der Waals surface area contributed by atoms with Crippen LogP contribution in [0.15, 0.2) is 79.3 Å². The lowest BCUT2D eigenvalue weighted by Crippen LogP contribution is -2.30. The average Bonchev–Trinajstić information content (AvgIpc) is 3.37. The minimum absolute atomic E-state index is 0.304. The van der Waals surface area contributed by atoms with Crippen molar-refractivity contribution in [3.8, 4) is 18.4 Å². The summed E-state index contributed by atoms with van der Waals surface area (Å²) in [6, 6.07) is 21.3. The van der Waals surface area contributed by atoms with E-state index in [0.717, 1.165) is 46.8 Å². The summed E-state index contributed by atoms with van der Waals surface area (Å²) in [5, 5.41) is 0.809. The smallest absolute Gasteiger partial charge is 0.316 e. The molecule has 1 atom stereocenters. The van der Waals surface area contributed by atoms with E-state index in [1.807, 2.05) is 12.1 Å². The molecule has 7 heteroatoms. The highest BCUT2D eigenvalue weighted by molar-refractivity contribution is 7.18. The Morgan fingerprint density at radius 2 is 1.89 bits per heavy atom. The number of ether oxygens (including phenoxy) is 1. The van der Waals surface area contributed by atoms with Gasteiger partial charge in [0.25, 0.3) is 0 Å². The summed E-state index contributed by atoms with van der Waals surface area (Å²) >= 11 is 1.55. The van der Waals surface area contributed by atoms with Gasteiger partial charge in [-0.1, -0.05) is 54.5 Å². The summed E-state index contributed by atoms with van der Waals surface area (Å²) in [5.41, 5.74) is 6.78. The number of hydrogen-bond donors (Lipinski definition) is 0. The van der Waals surface area contributed by atoms with Crippen molar-refractivity contribution in [2.75, 3.05) is 6.54 Å². The summed E-state index contributed by atoms with van der Waals surface area (Å²) in [6.45, 7) is 3.35. The molecular formula is C30H25N5OS. The molecule has 0 bridgehead atoms. The number of fused-ring (bicyclic) bond motifs is 2. The quantitative estimate of drug-likeness (QED) is 0.278. The zero-order valence-corrected chi connectivity index (χ0v) is 21.1. The van der Waals surface area contributed by atoms with E-state index in [4.69, 9.17) is 11.2 Å². The van der Waals surface area contributed by atoms with Crippen LogP contribution in [-0.4, -0.2) is 31.4 Å². The maximum Gasteiger partial charge on any atom is 0.316 e. The van der Waals surface area contributed by atoms with E-state index in [1.165, 1.54) is 16.7 Å². The molecule has 0 saturated heterocycles. The Morgan fingerprint density at radius 1 is 1.00 bits per heavy atom. The van der Waals surface area contributed by atoms with Crippen LogP contribution in [-0.2, 0) is 26.1 Å². The summed E-state index contributed by atoms with van der Waals surface area (Å²) in [7, 11) is 0. The second-order valence-corrected chi connectivity index (χ2v) is 10.2. The normalized spacial score (nSPS) is 14.1. The first-order chi connectivity index (χ1) is 18.2. The van der Waals surface area contributed by atoms with Crippen LogP contribution >= 0.6 is 11.3 Å². The molecule has 3 aromatic heterocycles. The zero-order chi connectivity index (χ0) is 25.0. The molecule has 1 aliphatic rings. The first kappa shape index (κ1) is 23.3. The van der Waals surface area contributed by atoms with Gasteiger partial charge in [0.1, 0.15) is 17.5 Å². The summed E-state index contributed by atoms with van der Waals surface area (Å²) < 4.78 is 7.03. The molecule has 37 heavy (non-hydrogen) atoms. The zero-order valence-electron chi connectivity index (χ0n) is 20.2. The van der Waals surface area contributed by atoms with E-state index >= 15 is 0 Å².